The number of guanidine groups is 1. The van der Waals surface area contributed by atoms with Crippen molar-refractivity contribution in [3.63, 3.8) is 0 Å². The van der Waals surface area contributed by atoms with Gasteiger partial charge in [-0.15, -0.1) is 11.3 Å². The Labute approximate surface area is 130 Å². The highest BCUT2D eigenvalue weighted by molar-refractivity contribution is 7.99. The van der Waals surface area contributed by atoms with E-state index in [1.165, 1.54) is 4.88 Å². The molecule has 20 heavy (non-hydrogen) atoms. The van der Waals surface area contributed by atoms with Crippen LogP contribution in [0.2, 0.25) is 0 Å². The summed E-state index contributed by atoms with van der Waals surface area (Å²) in [4.78, 5) is 10.4. The second-order valence-electron chi connectivity index (χ2n) is 5.26. The van der Waals surface area contributed by atoms with Gasteiger partial charge in [0.25, 0.3) is 0 Å². The Hall–Kier alpha value is -0.750. The number of aromatic nitrogens is 1. The van der Waals surface area contributed by atoms with Gasteiger partial charge in [0, 0.05) is 22.7 Å². The average molecular weight is 315 g/mol. The zero-order valence-corrected chi connectivity index (χ0v) is 15.0. The zero-order valence-electron chi connectivity index (χ0n) is 13.3. The van der Waals surface area contributed by atoms with Crippen molar-refractivity contribution in [2.75, 3.05) is 19.3 Å². The van der Waals surface area contributed by atoms with Crippen LogP contribution in [-0.2, 0) is 6.54 Å². The molecule has 1 aromatic heterocycles. The van der Waals surface area contributed by atoms with Gasteiger partial charge in [-0.3, -0.25) is 0 Å². The maximum absolute atomic E-state index is 4.61. The van der Waals surface area contributed by atoms with Gasteiger partial charge in [0.15, 0.2) is 5.96 Å². The molecule has 0 aliphatic carbocycles. The molecule has 0 saturated carbocycles. The first-order valence-electron chi connectivity index (χ1n) is 6.88. The minimum Gasteiger partial charge on any atom is -0.357 e. The molecule has 6 heteroatoms. The normalized spacial score (nSPS) is 12.6. The van der Waals surface area contributed by atoms with E-state index in [1.807, 2.05) is 18.7 Å². The van der Waals surface area contributed by atoms with Crippen LogP contribution in [0.15, 0.2) is 4.99 Å². The topological polar surface area (TPSA) is 49.3 Å². The zero-order chi connectivity index (χ0) is 15.2. The molecule has 0 fully saturated rings. The second-order valence-corrected chi connectivity index (χ2v) is 8.06. The third-order valence-electron chi connectivity index (χ3n) is 3.02. The summed E-state index contributed by atoms with van der Waals surface area (Å²) < 4.78 is 0.199. The molecule has 4 nitrogen and oxygen atoms in total. The smallest absolute Gasteiger partial charge is 0.191 e. The van der Waals surface area contributed by atoms with E-state index in [4.69, 9.17) is 0 Å². The highest BCUT2D eigenvalue weighted by atomic mass is 32.2. The fourth-order valence-corrected chi connectivity index (χ4v) is 2.54. The Kier molecular flexibility index (Phi) is 6.82. The summed E-state index contributed by atoms with van der Waals surface area (Å²) in [6.07, 6.45) is 2.13. The van der Waals surface area contributed by atoms with Crippen molar-refractivity contribution in [2.45, 2.75) is 45.9 Å². The molecule has 0 unspecified atom stereocenters. The number of nitrogens with one attached hydrogen (secondary N) is 2. The van der Waals surface area contributed by atoms with Gasteiger partial charge < -0.3 is 10.6 Å². The van der Waals surface area contributed by atoms with E-state index in [9.17, 15) is 0 Å². The van der Waals surface area contributed by atoms with Gasteiger partial charge in [-0.1, -0.05) is 0 Å². The fraction of sp³-hybridized carbons (Fsp3) is 0.714. The number of hydrogen-bond donors (Lipinski definition) is 2. The minimum atomic E-state index is 0.199. The molecular formula is C14H26N4S2. The van der Waals surface area contributed by atoms with Gasteiger partial charge in [0.05, 0.1) is 12.2 Å². The SMILES string of the molecule is CCNC(=NCc1nc(C)c(C)s1)NCC(C)(C)SC. The third-order valence-corrected chi connectivity index (χ3v) is 5.33. The van der Waals surface area contributed by atoms with E-state index in [0.29, 0.717) is 6.54 Å². The van der Waals surface area contributed by atoms with Crippen molar-refractivity contribution < 1.29 is 0 Å². The quantitative estimate of drug-likeness (QED) is 0.626. The Morgan fingerprint density at radius 2 is 2.05 bits per heavy atom. The summed E-state index contributed by atoms with van der Waals surface area (Å²) >= 11 is 3.58. The highest BCUT2D eigenvalue weighted by Gasteiger charge is 2.16. The first-order valence-corrected chi connectivity index (χ1v) is 8.92. The number of hydrogen-bond acceptors (Lipinski definition) is 4. The van der Waals surface area contributed by atoms with Crippen LogP contribution in [0.5, 0.6) is 0 Å². The molecule has 0 spiro atoms. The summed E-state index contributed by atoms with van der Waals surface area (Å²) in [5, 5.41) is 7.75. The molecule has 0 radical (unpaired) electrons. The van der Waals surface area contributed by atoms with E-state index >= 15 is 0 Å². The van der Waals surface area contributed by atoms with Gasteiger partial charge in [-0.2, -0.15) is 11.8 Å². The van der Waals surface area contributed by atoms with Gasteiger partial charge >= 0.3 is 0 Å². The van der Waals surface area contributed by atoms with Crippen molar-refractivity contribution >= 4 is 29.1 Å². The third kappa shape index (κ3) is 5.71. The lowest BCUT2D eigenvalue weighted by Crippen LogP contribution is -2.43. The number of thioether (sulfide) groups is 1. The van der Waals surface area contributed by atoms with Crippen LogP contribution < -0.4 is 10.6 Å². The minimum absolute atomic E-state index is 0.199. The molecular weight excluding hydrogens is 288 g/mol. The molecule has 114 valence electrons. The van der Waals surface area contributed by atoms with Crippen molar-refractivity contribution in [3.05, 3.63) is 15.6 Å². The summed E-state index contributed by atoms with van der Waals surface area (Å²) in [5.74, 6) is 0.861. The van der Waals surface area contributed by atoms with E-state index in [0.717, 1.165) is 29.8 Å². The Morgan fingerprint density at radius 1 is 1.35 bits per heavy atom. The fourth-order valence-electron chi connectivity index (χ4n) is 1.46. The number of aliphatic imine (C=N–C) groups is 1. The Morgan fingerprint density at radius 3 is 2.55 bits per heavy atom. The molecule has 0 aliphatic heterocycles. The van der Waals surface area contributed by atoms with Crippen LogP contribution in [0, 0.1) is 13.8 Å². The lowest BCUT2D eigenvalue weighted by atomic mass is 10.2. The van der Waals surface area contributed by atoms with E-state index in [2.05, 4.69) is 54.6 Å². The number of aryl methyl sites for hydroxylation is 2. The Bertz CT molecular complexity index is 433. The van der Waals surface area contributed by atoms with E-state index in [1.54, 1.807) is 11.3 Å². The van der Waals surface area contributed by atoms with Crippen molar-refractivity contribution in [2.24, 2.45) is 4.99 Å². The molecule has 1 rings (SSSR count). The molecule has 2 N–H and O–H groups in total. The maximum Gasteiger partial charge on any atom is 0.191 e. The van der Waals surface area contributed by atoms with Crippen molar-refractivity contribution in [1.29, 1.82) is 0 Å². The van der Waals surface area contributed by atoms with Crippen molar-refractivity contribution in [3.8, 4) is 0 Å². The molecule has 1 heterocycles. The summed E-state index contributed by atoms with van der Waals surface area (Å²) in [6.45, 7) is 13.1. The predicted octanol–water partition coefficient (Wildman–Crippen LogP) is 2.96. The number of thiazole rings is 1. The van der Waals surface area contributed by atoms with Gasteiger partial charge in [0.2, 0.25) is 0 Å². The summed E-state index contributed by atoms with van der Waals surface area (Å²) in [5.41, 5.74) is 1.11. The monoisotopic (exact) mass is 314 g/mol. The van der Waals surface area contributed by atoms with Crippen LogP contribution in [-0.4, -0.2) is 35.0 Å². The van der Waals surface area contributed by atoms with Gasteiger partial charge in [-0.05, 0) is 40.9 Å². The lowest BCUT2D eigenvalue weighted by Gasteiger charge is -2.23. The first-order chi connectivity index (χ1) is 9.38. The van der Waals surface area contributed by atoms with Crippen LogP contribution >= 0.6 is 23.1 Å². The van der Waals surface area contributed by atoms with Crippen LogP contribution in [0.4, 0.5) is 0 Å². The maximum atomic E-state index is 4.61. The standard InChI is InChI=1S/C14H26N4S2/c1-7-15-13(17-9-14(4,5)19-6)16-8-12-18-10(2)11(3)20-12/h7-9H2,1-6H3,(H2,15,16,17). The Balaban J connectivity index is 2.62. The molecule has 0 aromatic carbocycles. The van der Waals surface area contributed by atoms with E-state index < -0.39 is 0 Å². The van der Waals surface area contributed by atoms with Crippen LogP contribution in [0.3, 0.4) is 0 Å². The largest absolute Gasteiger partial charge is 0.357 e. The number of rotatable bonds is 6. The molecule has 0 bridgehead atoms. The molecule has 0 atom stereocenters. The first kappa shape index (κ1) is 17.3. The molecule has 1 aromatic rings. The van der Waals surface area contributed by atoms with Crippen LogP contribution in [0.1, 0.15) is 36.3 Å². The molecule has 0 saturated heterocycles. The van der Waals surface area contributed by atoms with E-state index in [-0.39, 0.29) is 4.75 Å². The number of nitrogens with zero attached hydrogens (tertiary/aromatic N) is 2. The lowest BCUT2D eigenvalue weighted by molar-refractivity contribution is 0.665. The summed E-state index contributed by atoms with van der Waals surface area (Å²) in [6, 6.07) is 0. The second kappa shape index (κ2) is 7.88. The average Bonchev–Trinajstić information content (AvgIpc) is 2.72. The molecule has 0 amide bonds. The van der Waals surface area contributed by atoms with Gasteiger partial charge in [0.1, 0.15) is 5.01 Å². The van der Waals surface area contributed by atoms with Crippen LogP contribution in [0.25, 0.3) is 0 Å². The predicted molar refractivity (Wildman–Crippen MR) is 92.0 cm³/mol. The van der Waals surface area contributed by atoms with Gasteiger partial charge in [-0.25, -0.2) is 9.98 Å². The summed E-state index contributed by atoms with van der Waals surface area (Å²) in [7, 11) is 0. The van der Waals surface area contributed by atoms with Crippen molar-refractivity contribution in [1.82, 2.24) is 15.6 Å². The highest BCUT2D eigenvalue weighted by Crippen LogP contribution is 2.19. The molecule has 0 aliphatic rings.